The highest BCUT2D eigenvalue weighted by atomic mass is 16.5. The summed E-state index contributed by atoms with van der Waals surface area (Å²) in [5, 5.41) is 18.9. The van der Waals surface area contributed by atoms with Crippen molar-refractivity contribution in [3.05, 3.63) is 53.6 Å². The van der Waals surface area contributed by atoms with Crippen LogP contribution in [-0.2, 0) is 4.74 Å². The molecule has 6 heteroatoms. The topological polar surface area (TPSA) is 93.1 Å². The van der Waals surface area contributed by atoms with Crippen molar-refractivity contribution in [1.29, 1.82) is 0 Å². The lowest BCUT2D eigenvalue weighted by molar-refractivity contribution is 0.0672. The number of carbonyl (C=O) groups is 2. The Labute approximate surface area is 247 Å². The van der Waals surface area contributed by atoms with Crippen LogP contribution in [-0.4, -0.2) is 41.0 Å². The van der Waals surface area contributed by atoms with E-state index in [0.29, 0.717) is 13.0 Å². The van der Waals surface area contributed by atoms with Gasteiger partial charge in [-0.1, -0.05) is 127 Å². The van der Waals surface area contributed by atoms with Crippen molar-refractivity contribution in [3.8, 4) is 17.6 Å². The first-order chi connectivity index (χ1) is 20.0. The number of hydrogen-bond acceptors (Lipinski definition) is 4. The normalized spacial score (nSPS) is 15.8. The van der Waals surface area contributed by atoms with Crippen molar-refractivity contribution >= 4 is 11.9 Å². The monoisotopic (exact) mass is 566 g/mol. The van der Waals surface area contributed by atoms with Crippen molar-refractivity contribution in [1.82, 2.24) is 0 Å². The first-order valence-electron chi connectivity index (χ1n) is 15.7. The number of hydrogen-bond donors (Lipinski definition) is 2. The summed E-state index contributed by atoms with van der Waals surface area (Å²) in [5.41, 5.74) is -1.25. The molecule has 1 aromatic carbocycles. The molecule has 0 radical (unpaired) electrons. The highest BCUT2D eigenvalue weighted by molar-refractivity contribution is 5.94. The van der Waals surface area contributed by atoms with Gasteiger partial charge in [-0.25, -0.2) is 9.59 Å². The van der Waals surface area contributed by atoms with E-state index in [1.54, 1.807) is 12.2 Å². The Morgan fingerprint density at radius 1 is 0.805 bits per heavy atom. The maximum absolute atomic E-state index is 11.7. The van der Waals surface area contributed by atoms with Crippen LogP contribution >= 0.6 is 0 Å². The van der Waals surface area contributed by atoms with Crippen LogP contribution in [0.5, 0.6) is 5.75 Å². The fourth-order valence-corrected chi connectivity index (χ4v) is 4.97. The molecule has 0 saturated heterocycles. The minimum absolute atomic E-state index is 0.0271. The molecule has 1 unspecified atom stereocenters. The Bertz CT molecular complexity index is 1030. The van der Waals surface area contributed by atoms with Crippen molar-refractivity contribution in [2.45, 2.75) is 122 Å². The molecule has 0 saturated carbocycles. The number of ether oxygens (including phenoxy) is 2. The largest absolute Gasteiger partial charge is 0.478 e. The maximum Gasteiger partial charge on any atom is 0.339 e. The second-order valence-corrected chi connectivity index (χ2v) is 11.0. The van der Waals surface area contributed by atoms with Gasteiger partial charge in [0.15, 0.2) is 5.60 Å². The Hall–Kier alpha value is -3.04. The summed E-state index contributed by atoms with van der Waals surface area (Å²) in [6, 6.07) is 3.72. The lowest BCUT2D eigenvalue weighted by Crippen LogP contribution is -2.33. The molecule has 1 aliphatic rings. The van der Waals surface area contributed by atoms with Gasteiger partial charge in [0.25, 0.3) is 0 Å². The van der Waals surface area contributed by atoms with E-state index in [9.17, 15) is 19.8 Å². The smallest absolute Gasteiger partial charge is 0.339 e. The summed E-state index contributed by atoms with van der Waals surface area (Å²) in [4.78, 5) is 23.1. The summed E-state index contributed by atoms with van der Waals surface area (Å²) in [5.74, 6) is 3.71. The van der Waals surface area contributed by atoms with E-state index in [4.69, 9.17) is 9.47 Å². The maximum atomic E-state index is 11.7. The zero-order chi connectivity index (χ0) is 29.6. The Morgan fingerprint density at radius 2 is 1.39 bits per heavy atom. The second kappa shape index (κ2) is 20.8. The van der Waals surface area contributed by atoms with Crippen molar-refractivity contribution in [3.63, 3.8) is 0 Å². The SMILES string of the molecule is CCCCCCCCCCCCCCCCCCOCC#CC1(Oc2cc(C(=O)O)ccc2C(=O)O)C=CC=CC1. The number of carboxylic acids is 2. The fourth-order valence-electron chi connectivity index (χ4n) is 4.97. The number of allylic oxidation sites excluding steroid dienone is 2. The number of unbranched alkanes of at least 4 members (excludes halogenated alkanes) is 15. The van der Waals surface area contributed by atoms with Gasteiger partial charge in [-0.3, -0.25) is 0 Å². The molecule has 0 aromatic heterocycles. The predicted molar refractivity (Wildman–Crippen MR) is 165 cm³/mol. The number of rotatable bonds is 22. The molecule has 0 spiro atoms. The molecular formula is C35H50O6. The van der Waals surface area contributed by atoms with Gasteiger partial charge in [0.05, 0.1) is 5.56 Å². The molecule has 1 aromatic rings. The second-order valence-electron chi connectivity index (χ2n) is 11.0. The van der Waals surface area contributed by atoms with E-state index in [0.717, 1.165) is 12.8 Å². The molecule has 2 rings (SSSR count). The van der Waals surface area contributed by atoms with Crippen LogP contribution in [0.1, 0.15) is 137 Å². The third-order valence-electron chi connectivity index (χ3n) is 7.40. The average molecular weight is 567 g/mol. The Balaban J connectivity index is 1.60. The summed E-state index contributed by atoms with van der Waals surface area (Å²) < 4.78 is 11.8. The molecule has 0 aliphatic heterocycles. The van der Waals surface area contributed by atoms with E-state index >= 15 is 0 Å². The van der Waals surface area contributed by atoms with Gasteiger partial charge in [0, 0.05) is 13.0 Å². The molecule has 2 N–H and O–H groups in total. The molecule has 6 nitrogen and oxygen atoms in total. The van der Waals surface area contributed by atoms with Crippen molar-refractivity contribution < 1.29 is 29.3 Å². The quantitative estimate of drug-likeness (QED) is 0.107. The zero-order valence-electron chi connectivity index (χ0n) is 25.0. The summed E-state index contributed by atoms with van der Waals surface area (Å²) in [7, 11) is 0. The van der Waals surface area contributed by atoms with E-state index in [1.807, 2.05) is 12.2 Å². The molecule has 1 aliphatic carbocycles. The molecule has 0 bridgehead atoms. The Kier molecular flexibility index (Phi) is 17.3. The van der Waals surface area contributed by atoms with E-state index < -0.39 is 17.5 Å². The first-order valence-corrected chi connectivity index (χ1v) is 15.7. The zero-order valence-corrected chi connectivity index (χ0v) is 25.0. The van der Waals surface area contributed by atoms with Gasteiger partial charge in [-0.2, -0.15) is 0 Å². The Morgan fingerprint density at radius 3 is 1.90 bits per heavy atom. The van der Waals surface area contributed by atoms with Crippen LogP contribution < -0.4 is 4.74 Å². The minimum Gasteiger partial charge on any atom is -0.478 e. The molecule has 1 atom stereocenters. The lowest BCUT2D eigenvalue weighted by Gasteiger charge is -2.28. The molecule has 41 heavy (non-hydrogen) atoms. The summed E-state index contributed by atoms with van der Waals surface area (Å²) >= 11 is 0. The average Bonchev–Trinajstić information content (AvgIpc) is 2.96. The van der Waals surface area contributed by atoms with Crippen LogP contribution in [0.4, 0.5) is 0 Å². The van der Waals surface area contributed by atoms with Gasteiger partial charge in [-0.05, 0) is 36.6 Å². The molecule has 226 valence electrons. The number of carboxylic acid groups (broad SMARTS) is 2. The van der Waals surface area contributed by atoms with Crippen LogP contribution in [0.3, 0.4) is 0 Å². The predicted octanol–water partition coefficient (Wildman–Crippen LogP) is 9.00. The summed E-state index contributed by atoms with van der Waals surface area (Å²) in [6.45, 7) is 3.18. The fraction of sp³-hybridized carbons (Fsp3) is 0.600. The minimum atomic E-state index is -1.20. The lowest BCUT2D eigenvalue weighted by atomic mass is 9.95. The third kappa shape index (κ3) is 14.4. The van der Waals surface area contributed by atoms with Crippen LogP contribution in [0.15, 0.2) is 42.5 Å². The summed E-state index contributed by atoms with van der Waals surface area (Å²) in [6.07, 6.45) is 29.0. The van der Waals surface area contributed by atoms with E-state index in [2.05, 4.69) is 18.8 Å². The highest BCUT2D eigenvalue weighted by Crippen LogP contribution is 2.29. The molecule has 0 fully saturated rings. The van der Waals surface area contributed by atoms with E-state index in [-0.39, 0.29) is 23.5 Å². The van der Waals surface area contributed by atoms with E-state index in [1.165, 1.54) is 108 Å². The first kappa shape index (κ1) is 34.2. The van der Waals surface area contributed by atoms with Crippen LogP contribution in [0.2, 0.25) is 0 Å². The molecular weight excluding hydrogens is 516 g/mol. The van der Waals surface area contributed by atoms with Gasteiger partial charge < -0.3 is 19.7 Å². The molecule has 0 amide bonds. The van der Waals surface area contributed by atoms with Gasteiger partial charge in [-0.15, -0.1) is 0 Å². The highest BCUT2D eigenvalue weighted by Gasteiger charge is 2.29. The van der Waals surface area contributed by atoms with Gasteiger partial charge >= 0.3 is 11.9 Å². The standard InChI is InChI=1S/C35H50O6/c1-2-3-4-5-6-7-8-9-10-11-12-13-14-15-16-20-27-40-28-21-26-35(24-18-17-19-25-35)41-32-29-30(33(36)37)22-23-31(32)34(38)39/h17-19,22-24,29H,2-16,20,25,27-28H2,1H3,(H,36,37)(H,38,39). The number of benzene rings is 1. The van der Waals surface area contributed by atoms with Crippen LogP contribution in [0.25, 0.3) is 0 Å². The van der Waals surface area contributed by atoms with Crippen molar-refractivity contribution in [2.24, 2.45) is 0 Å². The number of aromatic carboxylic acids is 2. The van der Waals surface area contributed by atoms with Crippen LogP contribution in [0, 0.1) is 11.8 Å². The van der Waals surface area contributed by atoms with Gasteiger partial charge in [0.1, 0.15) is 17.9 Å². The van der Waals surface area contributed by atoms with Gasteiger partial charge in [0.2, 0.25) is 0 Å². The third-order valence-corrected chi connectivity index (χ3v) is 7.40. The van der Waals surface area contributed by atoms with Crippen molar-refractivity contribution in [2.75, 3.05) is 13.2 Å². The molecule has 0 heterocycles.